The largest absolute Gasteiger partial charge is 0.241 e. The summed E-state index contributed by atoms with van der Waals surface area (Å²) in [7, 11) is 0. The fourth-order valence-electron chi connectivity index (χ4n) is 1.28. The monoisotopic (exact) mass is 329 g/mol. The summed E-state index contributed by atoms with van der Waals surface area (Å²) >= 11 is 4.04. The number of hydrogen-bond donors (Lipinski definition) is 0. The summed E-state index contributed by atoms with van der Waals surface area (Å²) in [5, 5.41) is 3.27. The van der Waals surface area contributed by atoms with E-state index in [1.165, 1.54) is 14.8 Å². The fraction of sp³-hybridized carbons (Fsp3) is 0.250. The molecule has 0 bridgehead atoms. The zero-order chi connectivity index (χ0) is 10.8. The number of hydrogen-bond acceptors (Lipinski definition) is 2. The Labute approximate surface area is 108 Å². The highest BCUT2D eigenvalue weighted by atomic mass is 127. The summed E-state index contributed by atoms with van der Waals surface area (Å²) in [4.78, 5) is 4.63. The molecule has 0 fully saturated rings. The van der Waals surface area contributed by atoms with Crippen molar-refractivity contribution in [3.8, 4) is 10.6 Å². The topological polar surface area (TPSA) is 12.9 Å². The number of rotatable bonds is 2. The van der Waals surface area contributed by atoms with E-state index in [-0.39, 0.29) is 0 Å². The van der Waals surface area contributed by atoms with Crippen LogP contribution in [0.4, 0.5) is 0 Å². The summed E-state index contributed by atoms with van der Waals surface area (Å²) in [6.45, 7) is 4.35. The second-order valence-electron chi connectivity index (χ2n) is 3.74. The van der Waals surface area contributed by atoms with Crippen molar-refractivity contribution >= 4 is 33.9 Å². The van der Waals surface area contributed by atoms with E-state index in [4.69, 9.17) is 0 Å². The average Bonchev–Trinajstić information content (AvgIpc) is 2.68. The standard InChI is InChI=1S/C12H12INS/c1-8(2)11-7-15-12(14-11)9-3-5-10(13)6-4-9/h3-8H,1-2H3. The number of halogens is 1. The van der Waals surface area contributed by atoms with E-state index in [0.29, 0.717) is 5.92 Å². The first kappa shape index (κ1) is 11.1. The molecule has 1 aromatic heterocycles. The van der Waals surface area contributed by atoms with Crippen LogP contribution in [0, 0.1) is 3.57 Å². The number of aromatic nitrogens is 1. The van der Waals surface area contributed by atoms with Crippen LogP contribution in [0.2, 0.25) is 0 Å². The fourth-order valence-corrected chi connectivity index (χ4v) is 2.62. The molecule has 2 aromatic rings. The van der Waals surface area contributed by atoms with Gasteiger partial charge in [0.25, 0.3) is 0 Å². The molecule has 0 amide bonds. The maximum atomic E-state index is 4.63. The summed E-state index contributed by atoms with van der Waals surface area (Å²) in [5.41, 5.74) is 2.40. The first-order valence-electron chi connectivity index (χ1n) is 4.88. The molecule has 0 aliphatic carbocycles. The van der Waals surface area contributed by atoms with Gasteiger partial charge in [-0.25, -0.2) is 4.98 Å². The predicted octanol–water partition coefficient (Wildman–Crippen LogP) is 4.54. The van der Waals surface area contributed by atoms with Gasteiger partial charge in [0.15, 0.2) is 0 Å². The first-order chi connectivity index (χ1) is 7.16. The summed E-state index contributed by atoms with van der Waals surface area (Å²) in [6.07, 6.45) is 0. The van der Waals surface area contributed by atoms with Gasteiger partial charge in [-0.05, 0) is 40.6 Å². The molecule has 15 heavy (non-hydrogen) atoms. The van der Waals surface area contributed by atoms with Gasteiger partial charge in [-0.1, -0.05) is 26.0 Å². The summed E-state index contributed by atoms with van der Waals surface area (Å²) < 4.78 is 1.26. The average molecular weight is 329 g/mol. The first-order valence-corrected chi connectivity index (χ1v) is 6.84. The van der Waals surface area contributed by atoms with Crippen LogP contribution in [0.5, 0.6) is 0 Å². The molecular weight excluding hydrogens is 317 g/mol. The van der Waals surface area contributed by atoms with Crippen LogP contribution in [0.25, 0.3) is 10.6 Å². The molecule has 0 N–H and O–H groups in total. The van der Waals surface area contributed by atoms with Crippen molar-refractivity contribution in [2.75, 3.05) is 0 Å². The van der Waals surface area contributed by atoms with Crippen molar-refractivity contribution in [3.63, 3.8) is 0 Å². The molecule has 1 heterocycles. The smallest absolute Gasteiger partial charge is 0.123 e. The maximum absolute atomic E-state index is 4.63. The minimum Gasteiger partial charge on any atom is -0.241 e. The van der Waals surface area contributed by atoms with Crippen LogP contribution in [0.1, 0.15) is 25.5 Å². The molecule has 0 spiro atoms. The van der Waals surface area contributed by atoms with Gasteiger partial charge in [0.1, 0.15) is 5.01 Å². The number of benzene rings is 1. The van der Waals surface area contributed by atoms with Gasteiger partial charge >= 0.3 is 0 Å². The summed E-state index contributed by atoms with van der Waals surface area (Å²) in [6, 6.07) is 8.49. The van der Waals surface area contributed by atoms with Crippen molar-refractivity contribution in [2.45, 2.75) is 19.8 Å². The second kappa shape index (κ2) is 4.61. The Morgan fingerprint density at radius 1 is 1.20 bits per heavy atom. The zero-order valence-corrected chi connectivity index (χ0v) is 11.7. The lowest BCUT2D eigenvalue weighted by Gasteiger charge is -1.98. The van der Waals surface area contributed by atoms with E-state index in [1.54, 1.807) is 11.3 Å². The van der Waals surface area contributed by atoms with Crippen molar-refractivity contribution in [1.82, 2.24) is 4.98 Å². The Morgan fingerprint density at radius 2 is 1.87 bits per heavy atom. The molecular formula is C12H12INS. The molecule has 0 atom stereocenters. The zero-order valence-electron chi connectivity index (χ0n) is 8.70. The van der Waals surface area contributed by atoms with Crippen molar-refractivity contribution in [1.29, 1.82) is 0 Å². The van der Waals surface area contributed by atoms with E-state index in [2.05, 4.69) is 71.1 Å². The van der Waals surface area contributed by atoms with E-state index >= 15 is 0 Å². The number of thiazole rings is 1. The normalized spacial score (nSPS) is 10.9. The highest BCUT2D eigenvalue weighted by Crippen LogP contribution is 2.27. The Morgan fingerprint density at radius 3 is 2.40 bits per heavy atom. The third-order valence-corrected chi connectivity index (χ3v) is 3.83. The molecule has 3 heteroatoms. The molecule has 0 aliphatic rings. The number of nitrogens with zero attached hydrogens (tertiary/aromatic N) is 1. The highest BCUT2D eigenvalue weighted by molar-refractivity contribution is 14.1. The van der Waals surface area contributed by atoms with E-state index in [0.717, 1.165) is 5.01 Å². The van der Waals surface area contributed by atoms with Crippen LogP contribution in [0.3, 0.4) is 0 Å². The molecule has 2 rings (SSSR count). The Balaban J connectivity index is 2.33. The van der Waals surface area contributed by atoms with Gasteiger partial charge in [-0.3, -0.25) is 0 Å². The third kappa shape index (κ3) is 2.58. The molecule has 0 unspecified atom stereocenters. The minimum absolute atomic E-state index is 0.513. The lowest BCUT2D eigenvalue weighted by Crippen LogP contribution is -1.86. The van der Waals surface area contributed by atoms with Crippen LogP contribution in [-0.2, 0) is 0 Å². The van der Waals surface area contributed by atoms with Crippen LogP contribution >= 0.6 is 33.9 Å². The summed E-state index contributed by atoms with van der Waals surface area (Å²) in [5.74, 6) is 0.513. The molecule has 0 radical (unpaired) electrons. The van der Waals surface area contributed by atoms with Crippen LogP contribution in [-0.4, -0.2) is 4.98 Å². The Hall–Kier alpha value is -0.420. The van der Waals surface area contributed by atoms with Gasteiger partial charge in [0, 0.05) is 14.5 Å². The quantitative estimate of drug-likeness (QED) is 0.737. The van der Waals surface area contributed by atoms with E-state index in [9.17, 15) is 0 Å². The Kier molecular flexibility index (Phi) is 3.41. The SMILES string of the molecule is CC(C)c1csc(-c2ccc(I)cc2)n1. The lowest BCUT2D eigenvalue weighted by molar-refractivity contribution is 0.834. The maximum Gasteiger partial charge on any atom is 0.123 e. The molecule has 1 nitrogen and oxygen atoms in total. The molecule has 1 aromatic carbocycles. The van der Waals surface area contributed by atoms with Crippen molar-refractivity contribution in [3.05, 3.63) is 38.9 Å². The van der Waals surface area contributed by atoms with Gasteiger partial charge < -0.3 is 0 Å². The predicted molar refractivity (Wildman–Crippen MR) is 74.4 cm³/mol. The van der Waals surface area contributed by atoms with E-state index < -0.39 is 0 Å². The minimum atomic E-state index is 0.513. The molecule has 0 saturated carbocycles. The highest BCUT2D eigenvalue weighted by Gasteiger charge is 2.06. The van der Waals surface area contributed by atoms with Gasteiger partial charge in [0.05, 0.1) is 5.69 Å². The van der Waals surface area contributed by atoms with Gasteiger partial charge in [0.2, 0.25) is 0 Å². The Bertz CT molecular complexity index is 445. The van der Waals surface area contributed by atoms with Crippen molar-refractivity contribution < 1.29 is 0 Å². The van der Waals surface area contributed by atoms with Crippen LogP contribution in [0.15, 0.2) is 29.6 Å². The van der Waals surface area contributed by atoms with Gasteiger partial charge in [-0.2, -0.15) is 0 Å². The lowest BCUT2D eigenvalue weighted by atomic mass is 10.1. The molecule has 0 aliphatic heterocycles. The van der Waals surface area contributed by atoms with Crippen LogP contribution < -0.4 is 0 Å². The van der Waals surface area contributed by atoms with Crippen molar-refractivity contribution in [2.24, 2.45) is 0 Å². The third-order valence-electron chi connectivity index (χ3n) is 2.20. The molecule has 0 saturated heterocycles. The molecule has 78 valence electrons. The van der Waals surface area contributed by atoms with Gasteiger partial charge in [-0.15, -0.1) is 11.3 Å². The second-order valence-corrected chi connectivity index (χ2v) is 5.84. The van der Waals surface area contributed by atoms with E-state index in [1.807, 2.05) is 0 Å².